The average molecular weight is 335 g/mol. The molecule has 0 atom stereocenters. The molecule has 3 aromatic carbocycles. The Morgan fingerprint density at radius 3 is 2.19 bits per heavy atom. The number of para-hydroxylation sites is 1. The van der Waals surface area contributed by atoms with Gasteiger partial charge in [0.15, 0.2) is 5.82 Å². The lowest BCUT2D eigenvalue weighted by molar-refractivity contribution is 1.08. The first-order valence-corrected chi connectivity index (χ1v) is 8.69. The highest BCUT2D eigenvalue weighted by molar-refractivity contribution is 6.09. The molecule has 0 saturated heterocycles. The van der Waals surface area contributed by atoms with Crippen LogP contribution in [-0.4, -0.2) is 14.5 Å². The summed E-state index contributed by atoms with van der Waals surface area (Å²) in [6.07, 6.45) is 3.81. The van der Waals surface area contributed by atoms with Crippen LogP contribution in [0.1, 0.15) is 5.56 Å². The van der Waals surface area contributed by atoms with Gasteiger partial charge in [-0.25, -0.2) is 9.97 Å². The monoisotopic (exact) mass is 335 g/mol. The molecule has 0 bridgehead atoms. The summed E-state index contributed by atoms with van der Waals surface area (Å²) in [5, 5.41) is 2.51. The fraction of sp³-hybridized carbons (Fsp3) is 0.0435. The molecule has 0 aliphatic carbocycles. The summed E-state index contributed by atoms with van der Waals surface area (Å²) in [7, 11) is 0. The van der Waals surface area contributed by atoms with Crippen molar-refractivity contribution in [2.45, 2.75) is 6.92 Å². The van der Waals surface area contributed by atoms with Gasteiger partial charge in [0.25, 0.3) is 0 Å². The van der Waals surface area contributed by atoms with Crippen molar-refractivity contribution in [2.24, 2.45) is 0 Å². The molecule has 0 aliphatic heterocycles. The summed E-state index contributed by atoms with van der Waals surface area (Å²) < 4.78 is 2.24. The maximum atomic E-state index is 4.60. The molecule has 3 nitrogen and oxygen atoms in total. The summed E-state index contributed by atoms with van der Waals surface area (Å²) in [4.78, 5) is 9.21. The molecule has 0 aliphatic rings. The van der Waals surface area contributed by atoms with Gasteiger partial charge in [-0.05, 0) is 25.1 Å². The van der Waals surface area contributed by atoms with E-state index in [1.165, 1.54) is 27.4 Å². The summed E-state index contributed by atoms with van der Waals surface area (Å²) >= 11 is 0. The largest absolute Gasteiger partial charge is 0.306 e. The first-order chi connectivity index (χ1) is 12.8. The van der Waals surface area contributed by atoms with Crippen LogP contribution < -0.4 is 0 Å². The van der Waals surface area contributed by atoms with Crippen LogP contribution in [0.5, 0.6) is 0 Å². The van der Waals surface area contributed by atoms with Crippen molar-refractivity contribution < 1.29 is 0 Å². The predicted octanol–water partition coefficient (Wildman–Crippen LogP) is 5.55. The van der Waals surface area contributed by atoms with Gasteiger partial charge in [0.2, 0.25) is 0 Å². The summed E-state index contributed by atoms with van der Waals surface area (Å²) in [5.41, 5.74) is 5.60. The fourth-order valence-corrected chi connectivity index (χ4v) is 3.54. The lowest BCUT2D eigenvalue weighted by atomic mass is 10.1. The summed E-state index contributed by atoms with van der Waals surface area (Å²) in [6, 6.07) is 25.1. The van der Waals surface area contributed by atoms with E-state index in [2.05, 4.69) is 63.9 Å². The zero-order valence-corrected chi connectivity index (χ0v) is 14.4. The van der Waals surface area contributed by atoms with Crippen molar-refractivity contribution in [2.75, 3.05) is 0 Å². The maximum absolute atomic E-state index is 4.60. The molecule has 0 saturated carbocycles. The second kappa shape index (κ2) is 5.81. The van der Waals surface area contributed by atoms with Crippen molar-refractivity contribution in [1.82, 2.24) is 14.5 Å². The zero-order valence-electron chi connectivity index (χ0n) is 14.4. The molecule has 0 radical (unpaired) electrons. The smallest absolute Gasteiger partial charge is 0.159 e. The average Bonchev–Trinajstić information content (AvgIpc) is 3.02. The molecule has 0 N–H and O–H groups in total. The third kappa shape index (κ3) is 2.29. The Balaban J connectivity index is 1.73. The highest BCUT2D eigenvalue weighted by Crippen LogP contribution is 2.32. The SMILES string of the molecule is Cc1ccc2c(c1)c1ccccc1n2-c1cnc(-c2ccccc2)nc1. The molecular weight excluding hydrogens is 318 g/mol. The van der Waals surface area contributed by atoms with E-state index in [4.69, 9.17) is 0 Å². The number of nitrogens with zero attached hydrogens (tertiary/aromatic N) is 3. The second-order valence-electron chi connectivity index (χ2n) is 6.50. The van der Waals surface area contributed by atoms with Gasteiger partial charge in [-0.15, -0.1) is 0 Å². The Morgan fingerprint density at radius 1 is 0.692 bits per heavy atom. The Bertz CT molecular complexity index is 1220. The number of hydrogen-bond donors (Lipinski definition) is 0. The lowest BCUT2D eigenvalue weighted by Gasteiger charge is -2.08. The van der Waals surface area contributed by atoms with Gasteiger partial charge in [0.1, 0.15) is 0 Å². The number of hydrogen-bond acceptors (Lipinski definition) is 2. The molecule has 124 valence electrons. The van der Waals surface area contributed by atoms with E-state index in [-0.39, 0.29) is 0 Å². The Morgan fingerprint density at radius 2 is 1.38 bits per heavy atom. The summed E-state index contributed by atoms with van der Waals surface area (Å²) in [6.45, 7) is 2.13. The lowest BCUT2D eigenvalue weighted by Crippen LogP contribution is -1.97. The first-order valence-electron chi connectivity index (χ1n) is 8.69. The third-order valence-electron chi connectivity index (χ3n) is 4.76. The normalized spacial score (nSPS) is 11.3. The maximum Gasteiger partial charge on any atom is 0.159 e. The van der Waals surface area contributed by atoms with Gasteiger partial charge < -0.3 is 4.57 Å². The molecule has 3 heteroatoms. The number of benzene rings is 3. The van der Waals surface area contributed by atoms with Gasteiger partial charge in [-0.1, -0.05) is 60.2 Å². The van der Waals surface area contributed by atoms with Gasteiger partial charge in [0, 0.05) is 16.3 Å². The van der Waals surface area contributed by atoms with E-state index < -0.39 is 0 Å². The van der Waals surface area contributed by atoms with Crippen LogP contribution in [0, 0.1) is 6.92 Å². The fourth-order valence-electron chi connectivity index (χ4n) is 3.54. The molecule has 0 spiro atoms. The molecule has 2 aromatic heterocycles. The topological polar surface area (TPSA) is 30.7 Å². The van der Waals surface area contributed by atoms with E-state index in [0.717, 1.165) is 17.1 Å². The minimum Gasteiger partial charge on any atom is -0.306 e. The van der Waals surface area contributed by atoms with Crippen LogP contribution in [0.4, 0.5) is 0 Å². The van der Waals surface area contributed by atoms with Crippen LogP contribution >= 0.6 is 0 Å². The molecule has 26 heavy (non-hydrogen) atoms. The predicted molar refractivity (Wildman–Crippen MR) is 107 cm³/mol. The van der Waals surface area contributed by atoms with Crippen molar-refractivity contribution in [3.63, 3.8) is 0 Å². The molecule has 5 rings (SSSR count). The van der Waals surface area contributed by atoms with Gasteiger partial charge in [-0.3, -0.25) is 0 Å². The molecule has 5 aromatic rings. The van der Waals surface area contributed by atoms with Gasteiger partial charge in [0.05, 0.1) is 29.1 Å². The Kier molecular flexibility index (Phi) is 3.32. The van der Waals surface area contributed by atoms with Gasteiger partial charge in [-0.2, -0.15) is 0 Å². The highest BCUT2D eigenvalue weighted by atomic mass is 15.0. The molecular formula is C23H17N3. The number of fused-ring (bicyclic) bond motifs is 3. The van der Waals surface area contributed by atoms with E-state index in [0.29, 0.717) is 0 Å². The van der Waals surface area contributed by atoms with Crippen molar-refractivity contribution >= 4 is 21.8 Å². The van der Waals surface area contributed by atoms with Crippen molar-refractivity contribution in [1.29, 1.82) is 0 Å². The summed E-state index contributed by atoms with van der Waals surface area (Å²) in [5.74, 6) is 0.742. The van der Waals surface area contributed by atoms with Crippen molar-refractivity contribution in [3.8, 4) is 17.1 Å². The van der Waals surface area contributed by atoms with E-state index >= 15 is 0 Å². The third-order valence-corrected chi connectivity index (χ3v) is 4.76. The number of rotatable bonds is 2. The van der Waals surface area contributed by atoms with Crippen LogP contribution in [0.3, 0.4) is 0 Å². The Labute approximate surface area is 151 Å². The van der Waals surface area contributed by atoms with Crippen LogP contribution in [0.15, 0.2) is 85.2 Å². The number of aromatic nitrogens is 3. The minimum absolute atomic E-state index is 0.742. The minimum atomic E-state index is 0.742. The standard InChI is InChI=1S/C23H17N3/c1-16-11-12-22-20(13-16)19-9-5-6-10-21(19)26(22)18-14-24-23(25-15-18)17-7-3-2-4-8-17/h2-15H,1H3. The molecule has 0 fully saturated rings. The first kappa shape index (κ1) is 14.8. The van der Waals surface area contributed by atoms with E-state index in [1.807, 2.05) is 42.7 Å². The zero-order chi connectivity index (χ0) is 17.5. The van der Waals surface area contributed by atoms with Crippen LogP contribution in [0.25, 0.3) is 38.9 Å². The van der Waals surface area contributed by atoms with E-state index in [1.54, 1.807) is 0 Å². The molecule has 2 heterocycles. The van der Waals surface area contributed by atoms with E-state index in [9.17, 15) is 0 Å². The second-order valence-corrected chi connectivity index (χ2v) is 6.50. The highest BCUT2D eigenvalue weighted by Gasteiger charge is 2.12. The van der Waals surface area contributed by atoms with Crippen molar-refractivity contribution in [3.05, 3.63) is 90.8 Å². The molecule has 0 amide bonds. The van der Waals surface area contributed by atoms with Gasteiger partial charge >= 0.3 is 0 Å². The quantitative estimate of drug-likeness (QED) is 0.423. The Hall–Kier alpha value is -3.46. The molecule has 0 unspecified atom stereocenters. The van der Waals surface area contributed by atoms with Crippen LogP contribution in [0.2, 0.25) is 0 Å². The number of aryl methyl sites for hydroxylation is 1. The van der Waals surface area contributed by atoms with Crippen LogP contribution in [-0.2, 0) is 0 Å².